The van der Waals surface area contributed by atoms with Gasteiger partial charge in [0.25, 0.3) is 5.91 Å². The summed E-state index contributed by atoms with van der Waals surface area (Å²) in [6.07, 6.45) is 3.80. The molecule has 9 nitrogen and oxygen atoms in total. The van der Waals surface area contributed by atoms with Crippen molar-refractivity contribution in [2.45, 2.75) is 57.3 Å². The molecule has 4 aliphatic rings. The Kier molecular flexibility index (Phi) is 7.71. The number of rotatable bonds is 7. The molecule has 0 saturated carbocycles. The van der Waals surface area contributed by atoms with Gasteiger partial charge in [0, 0.05) is 63.0 Å². The van der Waals surface area contributed by atoms with Gasteiger partial charge in [0.05, 0.1) is 0 Å². The third kappa shape index (κ3) is 5.55. The van der Waals surface area contributed by atoms with Crippen molar-refractivity contribution in [2.75, 3.05) is 44.2 Å². The van der Waals surface area contributed by atoms with Gasteiger partial charge in [-0.05, 0) is 73.3 Å². The van der Waals surface area contributed by atoms with Crippen LogP contribution >= 0.6 is 0 Å². The lowest BCUT2D eigenvalue weighted by atomic mass is 10.0. The van der Waals surface area contributed by atoms with Crippen LogP contribution in [0.25, 0.3) is 0 Å². The minimum atomic E-state index is -0.633. The van der Waals surface area contributed by atoms with Crippen LogP contribution in [-0.4, -0.2) is 78.9 Å². The first-order valence-electron chi connectivity index (χ1n) is 14.3. The van der Waals surface area contributed by atoms with Crippen molar-refractivity contribution in [3.8, 4) is 5.75 Å². The summed E-state index contributed by atoms with van der Waals surface area (Å²) < 4.78 is 20.6. The predicted octanol–water partition coefficient (Wildman–Crippen LogP) is 2.43. The second-order valence-electron chi connectivity index (χ2n) is 11.2. The van der Waals surface area contributed by atoms with Gasteiger partial charge in [-0.3, -0.25) is 24.6 Å². The van der Waals surface area contributed by atoms with Gasteiger partial charge >= 0.3 is 0 Å². The van der Waals surface area contributed by atoms with E-state index in [1.807, 2.05) is 18.2 Å². The van der Waals surface area contributed by atoms with Gasteiger partial charge < -0.3 is 19.9 Å². The number of nitrogens with zero attached hydrogens (tertiary/aromatic N) is 3. The van der Waals surface area contributed by atoms with Crippen LogP contribution in [-0.2, 0) is 22.7 Å². The largest absolute Gasteiger partial charge is 0.492 e. The van der Waals surface area contributed by atoms with Crippen molar-refractivity contribution in [3.63, 3.8) is 0 Å². The maximum absolute atomic E-state index is 14.3. The maximum atomic E-state index is 14.3. The molecule has 4 heterocycles. The highest BCUT2D eigenvalue weighted by Crippen LogP contribution is 2.31. The third-order valence-corrected chi connectivity index (χ3v) is 8.56. The van der Waals surface area contributed by atoms with Crippen molar-refractivity contribution in [1.82, 2.24) is 20.4 Å². The quantitative estimate of drug-likeness (QED) is 0.513. The summed E-state index contributed by atoms with van der Waals surface area (Å²) in [7, 11) is 0. The minimum Gasteiger partial charge on any atom is -0.492 e. The number of carbonyl (C=O) groups excluding carboxylic acids is 3. The predicted molar refractivity (Wildman–Crippen MR) is 148 cm³/mol. The normalized spacial score (nSPS) is 23.8. The van der Waals surface area contributed by atoms with E-state index in [0.717, 1.165) is 68.8 Å². The van der Waals surface area contributed by atoms with E-state index in [9.17, 15) is 18.8 Å². The average molecular weight is 550 g/mol. The second-order valence-corrected chi connectivity index (χ2v) is 11.2. The van der Waals surface area contributed by atoms with E-state index in [2.05, 4.69) is 20.4 Å². The Morgan fingerprint density at radius 3 is 2.65 bits per heavy atom. The molecule has 6 rings (SSSR count). The number of piperazine rings is 1. The topological polar surface area (TPSA) is 94.2 Å². The molecule has 40 heavy (non-hydrogen) atoms. The Bertz CT molecular complexity index is 1300. The number of likely N-dealkylation sites (tertiary alicyclic amines) is 1. The van der Waals surface area contributed by atoms with Gasteiger partial charge in [-0.25, -0.2) is 4.39 Å². The number of fused-ring (bicyclic) bond motifs is 1. The molecule has 10 heteroatoms. The Morgan fingerprint density at radius 2 is 1.82 bits per heavy atom. The van der Waals surface area contributed by atoms with E-state index in [0.29, 0.717) is 37.4 Å². The van der Waals surface area contributed by atoms with Crippen LogP contribution in [0.2, 0.25) is 0 Å². The Balaban J connectivity index is 1.12. The zero-order valence-corrected chi connectivity index (χ0v) is 22.7. The molecule has 2 atom stereocenters. The van der Waals surface area contributed by atoms with Crippen LogP contribution < -0.4 is 20.3 Å². The molecule has 212 valence electrons. The number of carbonyl (C=O) groups is 3. The number of halogens is 1. The molecule has 2 aromatic carbocycles. The standard InChI is InChI=1S/C30H36FN5O4/c31-22-4-7-26(34-13-10-32-11-14-34)21(15-22)17-35-12-2-1-3-23(35)19-40-24-5-6-25-20(16-24)18-36(30(25)39)27-8-9-28(37)33-29(27)38/h4-7,15-16,23,27,32H,1-3,8-14,17-19H2,(H,33,37,38). The molecule has 2 N–H and O–H groups in total. The maximum Gasteiger partial charge on any atom is 0.255 e. The molecule has 0 aromatic heterocycles. The highest BCUT2D eigenvalue weighted by molar-refractivity contribution is 6.05. The number of imide groups is 1. The molecule has 0 aliphatic carbocycles. The van der Waals surface area contributed by atoms with Crippen LogP contribution in [0.4, 0.5) is 10.1 Å². The lowest BCUT2D eigenvalue weighted by Crippen LogP contribution is -2.52. The summed E-state index contributed by atoms with van der Waals surface area (Å²) in [5.74, 6) is -0.419. The molecule has 0 radical (unpaired) electrons. The zero-order chi connectivity index (χ0) is 27.6. The van der Waals surface area contributed by atoms with Crippen molar-refractivity contribution in [2.24, 2.45) is 0 Å². The first-order valence-corrected chi connectivity index (χ1v) is 14.3. The number of hydrogen-bond donors (Lipinski definition) is 2. The van der Waals surface area contributed by atoms with Crippen LogP contribution in [0.15, 0.2) is 36.4 Å². The van der Waals surface area contributed by atoms with E-state index >= 15 is 0 Å². The van der Waals surface area contributed by atoms with Crippen molar-refractivity contribution >= 4 is 23.4 Å². The van der Waals surface area contributed by atoms with Crippen LogP contribution in [0.3, 0.4) is 0 Å². The lowest BCUT2D eigenvalue weighted by molar-refractivity contribution is -0.136. The van der Waals surface area contributed by atoms with Gasteiger partial charge in [-0.1, -0.05) is 6.42 Å². The van der Waals surface area contributed by atoms with E-state index in [1.54, 1.807) is 23.1 Å². The number of anilines is 1. The van der Waals surface area contributed by atoms with Crippen molar-refractivity contribution in [1.29, 1.82) is 0 Å². The van der Waals surface area contributed by atoms with Crippen LogP contribution in [0, 0.1) is 5.82 Å². The van der Waals surface area contributed by atoms with Gasteiger partial charge in [0.2, 0.25) is 11.8 Å². The SMILES string of the molecule is O=C1CCC(N2Cc3cc(OCC4CCCCN4Cc4cc(F)ccc4N4CCNCC4)ccc3C2=O)C(=O)N1. The van der Waals surface area contributed by atoms with E-state index in [1.165, 1.54) is 0 Å². The summed E-state index contributed by atoms with van der Waals surface area (Å²) in [4.78, 5) is 43.2. The fraction of sp³-hybridized carbons (Fsp3) is 0.500. The fourth-order valence-corrected chi connectivity index (χ4v) is 6.40. The summed E-state index contributed by atoms with van der Waals surface area (Å²) in [6, 6.07) is 10.2. The number of piperidine rings is 2. The molecule has 4 aliphatic heterocycles. The number of benzene rings is 2. The molecule has 2 aromatic rings. The lowest BCUT2D eigenvalue weighted by Gasteiger charge is -2.37. The van der Waals surface area contributed by atoms with Crippen LogP contribution in [0.1, 0.15) is 53.6 Å². The zero-order valence-electron chi connectivity index (χ0n) is 22.7. The highest BCUT2D eigenvalue weighted by Gasteiger charge is 2.39. The molecule has 3 saturated heterocycles. The fourth-order valence-electron chi connectivity index (χ4n) is 6.40. The van der Waals surface area contributed by atoms with E-state index in [-0.39, 0.29) is 30.1 Å². The monoisotopic (exact) mass is 549 g/mol. The first kappa shape index (κ1) is 26.7. The number of hydrogen-bond acceptors (Lipinski definition) is 7. The highest BCUT2D eigenvalue weighted by atomic mass is 19.1. The first-order chi connectivity index (χ1) is 19.5. The summed E-state index contributed by atoms with van der Waals surface area (Å²) in [5, 5.41) is 5.72. The third-order valence-electron chi connectivity index (χ3n) is 8.56. The summed E-state index contributed by atoms with van der Waals surface area (Å²) in [5.41, 5.74) is 3.52. The molecular formula is C30H36FN5O4. The van der Waals surface area contributed by atoms with Crippen molar-refractivity contribution in [3.05, 3.63) is 58.9 Å². The molecule has 0 bridgehead atoms. The molecule has 3 amide bonds. The molecule has 3 fully saturated rings. The van der Waals surface area contributed by atoms with Crippen molar-refractivity contribution < 1.29 is 23.5 Å². The van der Waals surface area contributed by atoms with E-state index < -0.39 is 11.9 Å². The van der Waals surface area contributed by atoms with Gasteiger partial charge in [0.1, 0.15) is 24.2 Å². The van der Waals surface area contributed by atoms with Gasteiger partial charge in [0.15, 0.2) is 0 Å². The molecular weight excluding hydrogens is 513 g/mol. The Labute approximate surface area is 233 Å². The average Bonchev–Trinajstić information content (AvgIpc) is 3.28. The number of amides is 3. The van der Waals surface area contributed by atoms with E-state index in [4.69, 9.17) is 4.74 Å². The minimum absolute atomic E-state index is 0.190. The van der Waals surface area contributed by atoms with Crippen LogP contribution in [0.5, 0.6) is 5.75 Å². The Hall–Kier alpha value is -3.50. The second kappa shape index (κ2) is 11.5. The summed E-state index contributed by atoms with van der Waals surface area (Å²) in [6.45, 7) is 6.10. The molecule has 0 spiro atoms. The molecule has 2 unspecified atom stereocenters. The van der Waals surface area contributed by atoms with Gasteiger partial charge in [-0.2, -0.15) is 0 Å². The number of ether oxygens (including phenoxy) is 1. The smallest absolute Gasteiger partial charge is 0.255 e. The Morgan fingerprint density at radius 1 is 0.975 bits per heavy atom. The van der Waals surface area contributed by atoms with Gasteiger partial charge in [-0.15, -0.1) is 0 Å². The number of nitrogens with one attached hydrogen (secondary N) is 2. The summed E-state index contributed by atoms with van der Waals surface area (Å²) >= 11 is 0.